The smallest absolute Gasteiger partial charge is 0.335 e. The van der Waals surface area contributed by atoms with Gasteiger partial charge in [0.15, 0.2) is 28.6 Å². The molecule has 3 rings (SSSR count). The van der Waals surface area contributed by atoms with Crippen LogP contribution in [0.25, 0.3) is 0 Å². The van der Waals surface area contributed by atoms with Crippen molar-refractivity contribution in [3.8, 4) is 34.5 Å². The summed E-state index contributed by atoms with van der Waals surface area (Å²) in [5.41, 5.74) is -0.905. The molecule has 0 aliphatic heterocycles. The van der Waals surface area contributed by atoms with Crippen molar-refractivity contribution < 1.29 is 58.0 Å². The second-order valence-electron chi connectivity index (χ2n) is 9.00. The summed E-state index contributed by atoms with van der Waals surface area (Å²) in [5, 5.41) is 31.2. The van der Waals surface area contributed by atoms with Crippen molar-refractivity contribution in [3.63, 3.8) is 0 Å². The van der Waals surface area contributed by atoms with Gasteiger partial charge in [-0.3, -0.25) is 0 Å². The minimum absolute atomic E-state index is 0.00792. The van der Waals surface area contributed by atoms with Crippen LogP contribution in [0.15, 0.2) is 24.3 Å². The molecule has 0 bridgehead atoms. The molecule has 2 aromatic carbocycles. The first-order chi connectivity index (χ1) is 18.6. The molecule has 0 heterocycles. The highest BCUT2D eigenvalue weighted by atomic mass is 16.6. The molecule has 0 amide bonds. The van der Waals surface area contributed by atoms with Gasteiger partial charge in [-0.15, -0.1) is 0 Å². The lowest BCUT2D eigenvalue weighted by atomic mass is 9.79. The number of carbonyl (C=O) groups is 1. The van der Waals surface area contributed by atoms with Gasteiger partial charge in [-0.25, -0.2) is 4.79 Å². The van der Waals surface area contributed by atoms with Gasteiger partial charge in [-0.05, 0) is 35.4 Å². The molecular formula is C27H36O12. The molecular weight excluding hydrogens is 516 g/mol. The van der Waals surface area contributed by atoms with Crippen LogP contribution in [0.3, 0.4) is 0 Å². The number of aliphatic carboxylic acids is 1. The summed E-state index contributed by atoms with van der Waals surface area (Å²) in [7, 11) is 8.94. The predicted octanol–water partition coefficient (Wildman–Crippen LogP) is 2.18. The van der Waals surface area contributed by atoms with E-state index in [-0.39, 0.29) is 19.6 Å². The van der Waals surface area contributed by atoms with Gasteiger partial charge in [0, 0.05) is 12.8 Å². The normalized spacial score (nSPS) is 22.6. The van der Waals surface area contributed by atoms with E-state index in [2.05, 4.69) is 0 Å². The van der Waals surface area contributed by atoms with Crippen molar-refractivity contribution >= 4 is 5.97 Å². The maximum Gasteiger partial charge on any atom is 0.335 e. The molecule has 12 heteroatoms. The number of aliphatic hydroxyl groups is 2. The number of benzene rings is 2. The Labute approximate surface area is 226 Å². The quantitative estimate of drug-likeness (QED) is 0.334. The van der Waals surface area contributed by atoms with Gasteiger partial charge >= 0.3 is 5.97 Å². The first-order valence-corrected chi connectivity index (χ1v) is 12.1. The molecule has 0 saturated heterocycles. The minimum Gasteiger partial charge on any atom is -0.493 e. The molecule has 12 nitrogen and oxygen atoms in total. The standard InChI is InChI=1S/C27H36O12/c1-32-18-7-15(8-19(33-2)24(18)36-5)13-38-22-12-27(31,26(29)30)11-17(28)23(22)39-14-16-9-20(34-3)25(37-6)21(10-16)35-4/h7-10,17,22-23,28,31H,11-14H2,1-6H3,(H,29,30)/t17-,22-,23-,27+/m1/s1. The van der Waals surface area contributed by atoms with Gasteiger partial charge in [0.05, 0.1) is 68.1 Å². The molecule has 0 spiro atoms. The zero-order valence-electron chi connectivity index (χ0n) is 22.9. The number of carboxylic acid groups (broad SMARTS) is 1. The summed E-state index contributed by atoms with van der Waals surface area (Å²) in [5.74, 6) is 1.05. The zero-order valence-corrected chi connectivity index (χ0v) is 22.9. The summed E-state index contributed by atoms with van der Waals surface area (Å²) >= 11 is 0. The van der Waals surface area contributed by atoms with Crippen molar-refractivity contribution in [1.82, 2.24) is 0 Å². The molecule has 0 unspecified atom stereocenters. The maximum absolute atomic E-state index is 11.8. The van der Waals surface area contributed by atoms with Crippen LogP contribution in [0.5, 0.6) is 34.5 Å². The third-order valence-corrected chi connectivity index (χ3v) is 6.59. The Kier molecular flexibility index (Phi) is 10.1. The molecule has 1 aliphatic carbocycles. The van der Waals surface area contributed by atoms with Crippen molar-refractivity contribution in [3.05, 3.63) is 35.4 Å². The van der Waals surface area contributed by atoms with Crippen LogP contribution in [0, 0.1) is 0 Å². The molecule has 0 aromatic heterocycles. The fraction of sp³-hybridized carbons (Fsp3) is 0.519. The lowest BCUT2D eigenvalue weighted by Gasteiger charge is -2.41. The molecule has 1 aliphatic rings. The van der Waals surface area contributed by atoms with Crippen LogP contribution in [-0.2, 0) is 27.5 Å². The number of hydrogen-bond acceptors (Lipinski definition) is 11. The zero-order chi connectivity index (χ0) is 28.7. The van der Waals surface area contributed by atoms with E-state index in [1.165, 1.54) is 42.7 Å². The Hall–Kier alpha value is -3.45. The van der Waals surface area contributed by atoms with Crippen molar-refractivity contribution in [2.45, 2.75) is 50.0 Å². The molecule has 216 valence electrons. The van der Waals surface area contributed by atoms with Gasteiger partial charge in [0.2, 0.25) is 11.5 Å². The van der Waals surface area contributed by atoms with Gasteiger partial charge in [0.1, 0.15) is 6.10 Å². The van der Waals surface area contributed by atoms with Crippen molar-refractivity contribution in [2.75, 3.05) is 42.7 Å². The topological polar surface area (TPSA) is 152 Å². The second kappa shape index (κ2) is 13.1. The Balaban J connectivity index is 1.85. The second-order valence-corrected chi connectivity index (χ2v) is 9.00. The number of ether oxygens (including phenoxy) is 8. The van der Waals surface area contributed by atoms with E-state index in [9.17, 15) is 20.1 Å². The molecule has 2 aromatic rings. The number of carboxylic acids is 1. The number of rotatable bonds is 13. The summed E-state index contributed by atoms with van der Waals surface area (Å²) in [6.07, 6.45) is -3.98. The van der Waals surface area contributed by atoms with Gasteiger partial charge in [0.25, 0.3) is 0 Å². The fourth-order valence-corrected chi connectivity index (χ4v) is 4.62. The van der Waals surface area contributed by atoms with Gasteiger partial charge in [-0.1, -0.05) is 0 Å². The van der Waals surface area contributed by atoms with Crippen LogP contribution in [-0.4, -0.2) is 87.9 Å². The van der Waals surface area contributed by atoms with Gasteiger partial charge in [-0.2, -0.15) is 0 Å². The van der Waals surface area contributed by atoms with E-state index in [4.69, 9.17) is 37.9 Å². The largest absolute Gasteiger partial charge is 0.493 e. The summed E-state index contributed by atoms with van der Waals surface area (Å²) in [4.78, 5) is 11.8. The Morgan fingerprint density at radius 3 is 1.51 bits per heavy atom. The van der Waals surface area contributed by atoms with E-state index in [1.807, 2.05) is 0 Å². The predicted molar refractivity (Wildman–Crippen MR) is 137 cm³/mol. The molecule has 1 saturated carbocycles. The maximum atomic E-state index is 11.8. The monoisotopic (exact) mass is 552 g/mol. The van der Waals surface area contributed by atoms with Crippen LogP contribution >= 0.6 is 0 Å². The lowest BCUT2D eigenvalue weighted by Crippen LogP contribution is -2.57. The summed E-state index contributed by atoms with van der Waals surface area (Å²) in [6, 6.07) is 6.79. The van der Waals surface area contributed by atoms with E-state index >= 15 is 0 Å². The number of hydrogen-bond donors (Lipinski definition) is 3. The molecule has 39 heavy (non-hydrogen) atoms. The first kappa shape index (κ1) is 30.1. The minimum atomic E-state index is -2.19. The Morgan fingerprint density at radius 1 is 0.744 bits per heavy atom. The molecule has 4 atom stereocenters. The van der Waals surface area contributed by atoms with E-state index < -0.39 is 36.3 Å². The summed E-state index contributed by atoms with van der Waals surface area (Å²) in [6.45, 7) is -0.0121. The molecule has 1 fully saturated rings. The highest BCUT2D eigenvalue weighted by Gasteiger charge is 2.50. The number of methoxy groups -OCH3 is 6. The average Bonchev–Trinajstić information content (AvgIpc) is 2.93. The average molecular weight is 553 g/mol. The first-order valence-electron chi connectivity index (χ1n) is 12.1. The van der Waals surface area contributed by atoms with E-state index in [0.29, 0.717) is 45.6 Å². The Morgan fingerprint density at radius 2 is 1.15 bits per heavy atom. The Bertz CT molecular complexity index is 1090. The van der Waals surface area contributed by atoms with Gasteiger partial charge < -0.3 is 53.2 Å². The van der Waals surface area contributed by atoms with E-state index in [1.54, 1.807) is 24.3 Å². The van der Waals surface area contributed by atoms with Crippen molar-refractivity contribution in [2.24, 2.45) is 0 Å². The SMILES string of the molecule is COc1cc(CO[C@@H]2[C@H](O)C[C@@](O)(C(=O)O)C[C@H]2OCc2cc(OC)c(OC)c(OC)c2)cc(OC)c1OC. The molecule has 3 N–H and O–H groups in total. The highest BCUT2D eigenvalue weighted by Crippen LogP contribution is 2.41. The van der Waals surface area contributed by atoms with Crippen LogP contribution < -0.4 is 28.4 Å². The summed E-state index contributed by atoms with van der Waals surface area (Å²) < 4.78 is 44.3. The van der Waals surface area contributed by atoms with E-state index in [0.717, 1.165) is 0 Å². The number of aliphatic hydroxyl groups excluding tert-OH is 1. The molecule has 0 radical (unpaired) electrons. The van der Waals surface area contributed by atoms with Crippen LogP contribution in [0.1, 0.15) is 24.0 Å². The third kappa shape index (κ3) is 6.59. The fourth-order valence-electron chi connectivity index (χ4n) is 4.62. The third-order valence-electron chi connectivity index (χ3n) is 6.59. The van der Waals surface area contributed by atoms with Crippen molar-refractivity contribution in [1.29, 1.82) is 0 Å². The van der Waals surface area contributed by atoms with Crippen LogP contribution in [0.4, 0.5) is 0 Å². The lowest BCUT2D eigenvalue weighted by molar-refractivity contribution is -0.207. The highest BCUT2D eigenvalue weighted by molar-refractivity contribution is 5.77. The van der Waals surface area contributed by atoms with Crippen LogP contribution in [0.2, 0.25) is 0 Å².